The van der Waals surface area contributed by atoms with Gasteiger partial charge in [0, 0.05) is 0 Å². The van der Waals surface area contributed by atoms with Crippen molar-refractivity contribution in [1.82, 2.24) is 0 Å². The predicted molar refractivity (Wildman–Crippen MR) is 69.6 cm³/mol. The molecule has 0 aliphatic heterocycles. The Hall–Kier alpha value is -0.570. The fourth-order valence-corrected chi connectivity index (χ4v) is 2.49. The Morgan fingerprint density at radius 3 is 2.35 bits per heavy atom. The van der Waals surface area contributed by atoms with Crippen molar-refractivity contribution in [2.45, 2.75) is 71.4 Å². The van der Waals surface area contributed by atoms with Gasteiger partial charge in [-0.3, -0.25) is 4.79 Å². The van der Waals surface area contributed by atoms with Crippen LogP contribution in [0.4, 0.5) is 0 Å². The average molecular weight is 241 g/mol. The molecule has 1 saturated carbocycles. The van der Waals surface area contributed by atoms with E-state index in [-0.39, 0.29) is 12.1 Å². The van der Waals surface area contributed by atoms with E-state index in [1.54, 1.807) is 0 Å². The van der Waals surface area contributed by atoms with E-state index in [4.69, 9.17) is 10.5 Å². The summed E-state index contributed by atoms with van der Waals surface area (Å²) in [5, 5.41) is 0. The third-order valence-corrected chi connectivity index (χ3v) is 3.68. The molecule has 0 aromatic rings. The molecule has 1 aliphatic rings. The monoisotopic (exact) mass is 241 g/mol. The zero-order valence-electron chi connectivity index (χ0n) is 11.7. The van der Waals surface area contributed by atoms with E-state index in [1.807, 2.05) is 6.92 Å². The molecular weight excluding hydrogens is 214 g/mol. The molecule has 0 heterocycles. The standard InChI is InChI=1S/C14H27NO2/c1-10(2)9-12(4)17-13(16)14(15)7-5-11(3)6-8-14/h10-12H,5-9,15H2,1-4H3. The summed E-state index contributed by atoms with van der Waals surface area (Å²) in [4.78, 5) is 12.1. The van der Waals surface area contributed by atoms with E-state index >= 15 is 0 Å². The van der Waals surface area contributed by atoms with E-state index < -0.39 is 5.54 Å². The lowest BCUT2D eigenvalue weighted by Gasteiger charge is -2.34. The lowest BCUT2D eigenvalue weighted by Crippen LogP contribution is -2.52. The molecule has 0 radical (unpaired) electrons. The molecule has 100 valence electrons. The lowest BCUT2D eigenvalue weighted by molar-refractivity contribution is -0.157. The molecule has 1 unspecified atom stereocenters. The average Bonchev–Trinajstić information content (AvgIpc) is 2.21. The molecule has 0 saturated heterocycles. The highest BCUT2D eigenvalue weighted by atomic mass is 16.5. The SMILES string of the molecule is CC(C)CC(C)OC(=O)C1(N)CCC(C)CC1. The van der Waals surface area contributed by atoms with Gasteiger partial charge in [-0.05, 0) is 50.9 Å². The van der Waals surface area contributed by atoms with Crippen molar-refractivity contribution in [1.29, 1.82) is 0 Å². The summed E-state index contributed by atoms with van der Waals surface area (Å²) in [6, 6.07) is 0. The molecule has 0 amide bonds. The number of carbonyl (C=O) groups is 1. The van der Waals surface area contributed by atoms with Crippen LogP contribution in [0, 0.1) is 11.8 Å². The summed E-state index contributed by atoms with van der Waals surface area (Å²) in [6.45, 7) is 8.43. The minimum absolute atomic E-state index is 0.0257. The predicted octanol–water partition coefficient (Wildman–Crippen LogP) is 2.87. The van der Waals surface area contributed by atoms with Gasteiger partial charge in [-0.25, -0.2) is 0 Å². The number of esters is 1. The first-order valence-electron chi connectivity index (χ1n) is 6.83. The van der Waals surface area contributed by atoms with Gasteiger partial charge >= 0.3 is 5.97 Å². The van der Waals surface area contributed by atoms with E-state index in [0.29, 0.717) is 11.8 Å². The minimum atomic E-state index is -0.724. The second kappa shape index (κ2) is 5.85. The van der Waals surface area contributed by atoms with Gasteiger partial charge < -0.3 is 10.5 Å². The Balaban J connectivity index is 2.46. The molecule has 0 aromatic carbocycles. The second-order valence-electron chi connectivity index (χ2n) is 6.18. The van der Waals surface area contributed by atoms with Crippen LogP contribution in [0.25, 0.3) is 0 Å². The van der Waals surface area contributed by atoms with Crippen LogP contribution >= 0.6 is 0 Å². The summed E-state index contributed by atoms with van der Waals surface area (Å²) in [7, 11) is 0. The van der Waals surface area contributed by atoms with Crippen LogP contribution in [0.3, 0.4) is 0 Å². The van der Waals surface area contributed by atoms with Crippen molar-refractivity contribution in [3.8, 4) is 0 Å². The molecule has 1 atom stereocenters. The zero-order chi connectivity index (χ0) is 13.1. The summed E-state index contributed by atoms with van der Waals surface area (Å²) in [5.74, 6) is 1.03. The summed E-state index contributed by atoms with van der Waals surface area (Å²) in [6.07, 6.45) is 4.47. The van der Waals surface area contributed by atoms with Crippen molar-refractivity contribution < 1.29 is 9.53 Å². The molecule has 1 fully saturated rings. The summed E-state index contributed by atoms with van der Waals surface area (Å²) < 4.78 is 5.47. The zero-order valence-corrected chi connectivity index (χ0v) is 11.7. The number of hydrogen-bond donors (Lipinski definition) is 1. The van der Waals surface area contributed by atoms with Crippen LogP contribution in [-0.4, -0.2) is 17.6 Å². The van der Waals surface area contributed by atoms with Crippen molar-refractivity contribution in [2.24, 2.45) is 17.6 Å². The first-order valence-corrected chi connectivity index (χ1v) is 6.83. The Kier molecular flexibility index (Phi) is 4.99. The Morgan fingerprint density at radius 2 is 1.88 bits per heavy atom. The van der Waals surface area contributed by atoms with E-state index in [9.17, 15) is 4.79 Å². The van der Waals surface area contributed by atoms with Gasteiger partial charge in [0.1, 0.15) is 5.54 Å². The largest absolute Gasteiger partial charge is 0.461 e. The molecule has 1 aliphatic carbocycles. The van der Waals surface area contributed by atoms with E-state index in [1.165, 1.54) is 0 Å². The fraction of sp³-hybridized carbons (Fsp3) is 0.929. The van der Waals surface area contributed by atoms with Gasteiger partial charge in [0.2, 0.25) is 0 Å². The highest BCUT2D eigenvalue weighted by Crippen LogP contribution is 2.31. The molecule has 3 nitrogen and oxygen atoms in total. The smallest absolute Gasteiger partial charge is 0.326 e. The third-order valence-electron chi connectivity index (χ3n) is 3.68. The van der Waals surface area contributed by atoms with Crippen LogP contribution in [0.1, 0.15) is 59.8 Å². The minimum Gasteiger partial charge on any atom is -0.461 e. The van der Waals surface area contributed by atoms with Gasteiger partial charge in [0.05, 0.1) is 6.10 Å². The lowest BCUT2D eigenvalue weighted by atomic mass is 9.78. The highest BCUT2D eigenvalue weighted by molar-refractivity contribution is 5.80. The Morgan fingerprint density at radius 1 is 1.35 bits per heavy atom. The van der Waals surface area contributed by atoms with Crippen LogP contribution in [-0.2, 0) is 9.53 Å². The molecule has 17 heavy (non-hydrogen) atoms. The van der Waals surface area contributed by atoms with Gasteiger partial charge in [-0.15, -0.1) is 0 Å². The number of ether oxygens (including phenoxy) is 1. The van der Waals surface area contributed by atoms with Gasteiger partial charge in [0.15, 0.2) is 0 Å². The molecule has 3 heteroatoms. The topological polar surface area (TPSA) is 52.3 Å². The first kappa shape index (κ1) is 14.5. The second-order valence-corrected chi connectivity index (χ2v) is 6.18. The molecular formula is C14H27NO2. The highest BCUT2D eigenvalue weighted by Gasteiger charge is 2.39. The van der Waals surface area contributed by atoms with E-state index in [0.717, 1.165) is 32.1 Å². The van der Waals surface area contributed by atoms with E-state index in [2.05, 4.69) is 20.8 Å². The summed E-state index contributed by atoms with van der Waals surface area (Å²) >= 11 is 0. The van der Waals surface area contributed by atoms with Crippen LogP contribution in [0.5, 0.6) is 0 Å². The van der Waals surface area contributed by atoms with Crippen LogP contribution in [0.15, 0.2) is 0 Å². The Bertz CT molecular complexity index is 255. The number of nitrogens with two attached hydrogens (primary N) is 1. The molecule has 0 spiro atoms. The van der Waals surface area contributed by atoms with Crippen LogP contribution in [0.2, 0.25) is 0 Å². The van der Waals surface area contributed by atoms with Gasteiger partial charge in [-0.1, -0.05) is 20.8 Å². The first-order chi connectivity index (χ1) is 7.83. The fourth-order valence-electron chi connectivity index (χ4n) is 2.49. The number of hydrogen-bond acceptors (Lipinski definition) is 3. The molecule has 0 aromatic heterocycles. The maximum Gasteiger partial charge on any atom is 0.326 e. The number of carbonyl (C=O) groups excluding carboxylic acids is 1. The van der Waals surface area contributed by atoms with Crippen molar-refractivity contribution in [3.05, 3.63) is 0 Å². The van der Waals surface area contributed by atoms with Crippen molar-refractivity contribution in [3.63, 3.8) is 0 Å². The third kappa shape index (κ3) is 4.30. The van der Waals surface area contributed by atoms with Crippen molar-refractivity contribution >= 4 is 5.97 Å². The maximum atomic E-state index is 12.1. The van der Waals surface area contributed by atoms with Gasteiger partial charge in [-0.2, -0.15) is 0 Å². The maximum absolute atomic E-state index is 12.1. The molecule has 0 bridgehead atoms. The van der Waals surface area contributed by atoms with Crippen LogP contribution < -0.4 is 5.73 Å². The quantitative estimate of drug-likeness (QED) is 0.770. The van der Waals surface area contributed by atoms with Gasteiger partial charge in [0.25, 0.3) is 0 Å². The molecule has 1 rings (SSSR count). The Labute approximate surface area is 105 Å². The normalized spacial score (nSPS) is 31.3. The molecule has 2 N–H and O–H groups in total. The summed E-state index contributed by atoms with van der Waals surface area (Å²) in [5.41, 5.74) is 5.44. The number of rotatable bonds is 4. The van der Waals surface area contributed by atoms with Crippen molar-refractivity contribution in [2.75, 3.05) is 0 Å².